The highest BCUT2D eigenvalue weighted by Crippen LogP contribution is 2.31. The number of ether oxygens (including phenoxy) is 1. The molecule has 0 spiro atoms. The van der Waals surface area contributed by atoms with E-state index in [9.17, 15) is 19.2 Å². The van der Waals surface area contributed by atoms with E-state index in [1.807, 2.05) is 36.4 Å². The molecule has 0 saturated heterocycles. The van der Waals surface area contributed by atoms with Crippen LogP contribution in [0.3, 0.4) is 0 Å². The fraction of sp³-hybridized carbons (Fsp3) is 0.0909. The maximum atomic E-state index is 13.5. The first-order valence-corrected chi connectivity index (χ1v) is 13.9. The predicted octanol–water partition coefficient (Wildman–Crippen LogP) is 6.08. The highest BCUT2D eigenvalue weighted by atomic mass is 35.5. The molecular formula is C33H27ClN4O6. The second kappa shape index (κ2) is 13.6. The minimum atomic E-state index is -0.991. The molecule has 0 bridgehead atoms. The molecule has 44 heavy (non-hydrogen) atoms. The van der Waals surface area contributed by atoms with E-state index in [-0.39, 0.29) is 28.3 Å². The van der Waals surface area contributed by atoms with Crippen LogP contribution in [0.25, 0.3) is 10.8 Å². The quantitative estimate of drug-likeness (QED) is 0.160. The van der Waals surface area contributed by atoms with Gasteiger partial charge >= 0.3 is 17.6 Å². The minimum absolute atomic E-state index is 0.109. The van der Waals surface area contributed by atoms with Crippen LogP contribution in [0.15, 0.2) is 112 Å². The average molecular weight is 611 g/mol. The zero-order valence-electron chi connectivity index (χ0n) is 23.4. The molecule has 5 rings (SSSR count). The SMILES string of the molecule is COc1oc(=O)c2cc(NC(=O)[C@H](Cc3ccccc3)NC(=O)c3cccc(NC(=O)Nc4ccccc4)c3)ccc2c1Cl. The fourth-order valence-corrected chi connectivity index (χ4v) is 4.77. The summed E-state index contributed by atoms with van der Waals surface area (Å²) in [5, 5.41) is 11.7. The summed E-state index contributed by atoms with van der Waals surface area (Å²) in [5.41, 5.74) is 1.68. The number of rotatable bonds is 9. The number of para-hydroxylation sites is 1. The van der Waals surface area contributed by atoms with Gasteiger partial charge in [-0.25, -0.2) is 9.59 Å². The molecule has 4 aromatic carbocycles. The first kappa shape index (κ1) is 29.9. The molecule has 1 aromatic heterocycles. The lowest BCUT2D eigenvalue weighted by Gasteiger charge is -2.19. The topological polar surface area (TPSA) is 139 Å². The van der Waals surface area contributed by atoms with Crippen LogP contribution >= 0.6 is 11.6 Å². The Hall–Kier alpha value is -5.61. The Bertz CT molecular complexity index is 1880. The summed E-state index contributed by atoms with van der Waals surface area (Å²) < 4.78 is 10.1. The van der Waals surface area contributed by atoms with Gasteiger partial charge in [0.25, 0.3) is 5.91 Å². The Morgan fingerprint density at radius 2 is 1.43 bits per heavy atom. The van der Waals surface area contributed by atoms with E-state index in [0.29, 0.717) is 22.4 Å². The first-order valence-electron chi connectivity index (χ1n) is 13.5. The van der Waals surface area contributed by atoms with Gasteiger partial charge in [-0.3, -0.25) is 9.59 Å². The van der Waals surface area contributed by atoms with E-state index in [1.54, 1.807) is 54.6 Å². The van der Waals surface area contributed by atoms with Gasteiger partial charge in [-0.2, -0.15) is 0 Å². The van der Waals surface area contributed by atoms with E-state index in [0.717, 1.165) is 5.56 Å². The number of hydrogen-bond acceptors (Lipinski definition) is 6. The maximum Gasteiger partial charge on any atom is 0.346 e. The van der Waals surface area contributed by atoms with Crippen LogP contribution in [0.4, 0.5) is 21.9 Å². The van der Waals surface area contributed by atoms with Gasteiger partial charge in [0.15, 0.2) is 0 Å². The number of halogens is 1. The third-order valence-corrected chi connectivity index (χ3v) is 6.97. The molecule has 0 aliphatic heterocycles. The monoisotopic (exact) mass is 610 g/mol. The molecule has 4 amide bonds. The average Bonchev–Trinajstić information content (AvgIpc) is 3.03. The molecule has 0 aliphatic carbocycles. The van der Waals surface area contributed by atoms with E-state index >= 15 is 0 Å². The second-order valence-corrected chi connectivity index (χ2v) is 10.1. The number of carbonyl (C=O) groups excluding carboxylic acids is 3. The Morgan fingerprint density at radius 1 is 0.773 bits per heavy atom. The van der Waals surface area contributed by atoms with Crippen LogP contribution in [0, 0.1) is 0 Å². The van der Waals surface area contributed by atoms with Crippen LogP contribution < -0.4 is 31.6 Å². The van der Waals surface area contributed by atoms with Crippen molar-refractivity contribution >= 4 is 57.3 Å². The van der Waals surface area contributed by atoms with Gasteiger partial charge in [-0.1, -0.05) is 72.3 Å². The second-order valence-electron chi connectivity index (χ2n) is 9.69. The standard InChI is InChI=1S/C33H27ClN4O6/c1-43-32-28(34)25-16-15-24(19-26(25)31(41)44-32)35-30(40)27(17-20-9-4-2-5-10-20)38-29(39)21-11-8-14-23(18-21)37-33(42)36-22-12-6-3-7-13-22/h2-16,18-19,27H,17H2,1H3,(H,35,40)(H,38,39)(H2,36,37,42)/t27-/m0/s1. The Kier molecular flexibility index (Phi) is 9.22. The maximum absolute atomic E-state index is 13.5. The minimum Gasteiger partial charge on any atom is -0.467 e. The van der Waals surface area contributed by atoms with Crippen LogP contribution in [0.2, 0.25) is 5.02 Å². The lowest BCUT2D eigenvalue weighted by atomic mass is 10.0. The zero-order chi connectivity index (χ0) is 31.1. The Morgan fingerprint density at radius 3 is 2.16 bits per heavy atom. The van der Waals surface area contributed by atoms with Crippen LogP contribution in [0.1, 0.15) is 15.9 Å². The third kappa shape index (κ3) is 7.23. The first-order chi connectivity index (χ1) is 21.3. The highest BCUT2D eigenvalue weighted by molar-refractivity contribution is 6.36. The highest BCUT2D eigenvalue weighted by Gasteiger charge is 2.23. The summed E-state index contributed by atoms with van der Waals surface area (Å²) in [7, 11) is 1.33. The smallest absolute Gasteiger partial charge is 0.346 e. The summed E-state index contributed by atoms with van der Waals surface area (Å²) in [6.07, 6.45) is 0.189. The molecule has 1 heterocycles. The summed E-state index contributed by atoms with van der Waals surface area (Å²) in [5.74, 6) is -1.14. The molecule has 0 radical (unpaired) electrons. The van der Waals surface area contributed by atoms with E-state index in [1.165, 1.54) is 19.2 Å². The Balaban J connectivity index is 1.33. The summed E-state index contributed by atoms with van der Waals surface area (Å²) in [6, 6.07) is 27.7. The molecule has 1 atom stereocenters. The van der Waals surface area contributed by atoms with Crippen molar-refractivity contribution < 1.29 is 23.5 Å². The number of benzene rings is 4. The van der Waals surface area contributed by atoms with Gasteiger partial charge in [0.05, 0.1) is 12.5 Å². The third-order valence-electron chi connectivity index (χ3n) is 6.61. The number of amides is 4. The lowest BCUT2D eigenvalue weighted by molar-refractivity contribution is -0.118. The molecule has 0 unspecified atom stereocenters. The van der Waals surface area contributed by atoms with E-state index < -0.39 is 29.5 Å². The van der Waals surface area contributed by atoms with Crippen molar-refractivity contribution in [3.63, 3.8) is 0 Å². The number of fused-ring (bicyclic) bond motifs is 1. The molecule has 0 aliphatic rings. The normalized spacial score (nSPS) is 11.3. The van der Waals surface area contributed by atoms with Gasteiger partial charge in [0.2, 0.25) is 5.91 Å². The van der Waals surface area contributed by atoms with Crippen molar-refractivity contribution in [1.29, 1.82) is 0 Å². The van der Waals surface area contributed by atoms with E-state index in [2.05, 4.69) is 21.3 Å². The summed E-state index contributed by atoms with van der Waals surface area (Å²) in [6.45, 7) is 0. The molecular weight excluding hydrogens is 584 g/mol. The van der Waals surface area contributed by atoms with Crippen molar-refractivity contribution in [3.05, 3.63) is 130 Å². The molecule has 10 nitrogen and oxygen atoms in total. The predicted molar refractivity (Wildman–Crippen MR) is 170 cm³/mol. The van der Waals surface area contributed by atoms with Crippen molar-refractivity contribution in [3.8, 4) is 5.95 Å². The molecule has 222 valence electrons. The lowest BCUT2D eigenvalue weighted by Crippen LogP contribution is -2.45. The molecule has 4 N–H and O–H groups in total. The van der Waals surface area contributed by atoms with Gasteiger partial charge in [-0.15, -0.1) is 0 Å². The fourth-order valence-electron chi connectivity index (χ4n) is 4.49. The van der Waals surface area contributed by atoms with E-state index in [4.69, 9.17) is 20.8 Å². The van der Waals surface area contributed by atoms with Gasteiger partial charge in [0, 0.05) is 34.4 Å². The number of nitrogens with one attached hydrogen (secondary N) is 4. The molecule has 0 fully saturated rings. The van der Waals surface area contributed by atoms with Gasteiger partial charge in [-0.05, 0) is 48.0 Å². The van der Waals surface area contributed by atoms with Crippen molar-refractivity contribution in [2.45, 2.75) is 12.5 Å². The zero-order valence-corrected chi connectivity index (χ0v) is 24.2. The van der Waals surface area contributed by atoms with Gasteiger partial charge in [0.1, 0.15) is 11.1 Å². The number of hydrogen-bond donors (Lipinski definition) is 4. The summed E-state index contributed by atoms with van der Waals surface area (Å²) >= 11 is 6.28. The largest absolute Gasteiger partial charge is 0.467 e. The van der Waals surface area contributed by atoms with Crippen LogP contribution in [-0.4, -0.2) is 31.0 Å². The number of urea groups is 1. The Labute approximate surface area is 257 Å². The van der Waals surface area contributed by atoms with Crippen LogP contribution in [-0.2, 0) is 11.2 Å². The summed E-state index contributed by atoms with van der Waals surface area (Å²) in [4.78, 5) is 51.8. The molecule has 0 saturated carbocycles. The molecule has 5 aromatic rings. The molecule has 11 heteroatoms. The van der Waals surface area contributed by atoms with Gasteiger partial charge < -0.3 is 30.4 Å². The van der Waals surface area contributed by atoms with Crippen molar-refractivity contribution in [2.75, 3.05) is 23.1 Å². The number of methoxy groups -OCH3 is 1. The number of carbonyl (C=O) groups is 3. The van der Waals surface area contributed by atoms with Crippen molar-refractivity contribution in [1.82, 2.24) is 5.32 Å². The van der Waals surface area contributed by atoms with Crippen LogP contribution in [0.5, 0.6) is 5.95 Å². The number of anilines is 3. The van der Waals surface area contributed by atoms with Crippen molar-refractivity contribution in [2.24, 2.45) is 0 Å².